The van der Waals surface area contributed by atoms with E-state index in [0.29, 0.717) is 11.8 Å². The van der Waals surface area contributed by atoms with Crippen molar-refractivity contribution in [3.63, 3.8) is 0 Å². The zero-order valence-corrected chi connectivity index (χ0v) is 10.3. The smallest absolute Gasteiger partial charge is 0.0609 e. The van der Waals surface area contributed by atoms with E-state index in [0.717, 1.165) is 39.3 Å². The highest BCUT2D eigenvalue weighted by atomic mass is 16.5. The van der Waals surface area contributed by atoms with E-state index in [1.165, 1.54) is 0 Å². The van der Waals surface area contributed by atoms with Crippen molar-refractivity contribution in [3.05, 3.63) is 0 Å². The molecule has 0 radical (unpaired) electrons. The van der Waals surface area contributed by atoms with Crippen LogP contribution >= 0.6 is 0 Å². The fraction of sp³-hybridized carbons (Fsp3) is 1.00. The third kappa shape index (κ3) is 4.78. The van der Waals surface area contributed by atoms with E-state index in [9.17, 15) is 0 Å². The van der Waals surface area contributed by atoms with Crippen LogP contribution in [-0.2, 0) is 9.47 Å². The highest BCUT2D eigenvalue weighted by molar-refractivity contribution is 4.67. The van der Waals surface area contributed by atoms with Gasteiger partial charge in [-0.3, -0.25) is 0 Å². The van der Waals surface area contributed by atoms with Crippen molar-refractivity contribution in [2.75, 3.05) is 26.4 Å². The van der Waals surface area contributed by atoms with Crippen LogP contribution in [0.1, 0.15) is 26.7 Å². The first-order valence-corrected chi connectivity index (χ1v) is 6.13. The van der Waals surface area contributed by atoms with E-state index in [-0.39, 0.29) is 12.2 Å². The number of rotatable bonds is 0. The normalized spacial score (nSPS) is 39.8. The third-order valence-corrected chi connectivity index (χ3v) is 3.19. The molecule has 2 aliphatic rings. The maximum Gasteiger partial charge on any atom is 0.0609 e. The summed E-state index contributed by atoms with van der Waals surface area (Å²) < 4.78 is 10.2. The molecule has 2 saturated heterocycles. The molecule has 0 aromatic heterocycles. The lowest BCUT2D eigenvalue weighted by Crippen LogP contribution is -2.29. The van der Waals surface area contributed by atoms with E-state index in [1.807, 2.05) is 13.8 Å². The fourth-order valence-corrected chi connectivity index (χ4v) is 1.74. The van der Waals surface area contributed by atoms with Gasteiger partial charge in [0.2, 0.25) is 0 Å². The van der Waals surface area contributed by atoms with Gasteiger partial charge in [-0.05, 0) is 12.8 Å². The van der Waals surface area contributed by atoms with Crippen molar-refractivity contribution >= 4 is 0 Å². The number of hydrogen-bond donors (Lipinski definition) is 2. The minimum atomic E-state index is -0.122. The summed E-state index contributed by atoms with van der Waals surface area (Å²) in [4.78, 5) is 0. The summed E-state index contributed by atoms with van der Waals surface area (Å²) in [7, 11) is 0. The highest BCUT2D eigenvalue weighted by Gasteiger charge is 2.18. The van der Waals surface area contributed by atoms with Gasteiger partial charge < -0.3 is 19.7 Å². The monoisotopic (exact) mass is 232 g/mol. The van der Waals surface area contributed by atoms with Gasteiger partial charge >= 0.3 is 0 Å². The first kappa shape index (κ1) is 13.9. The van der Waals surface area contributed by atoms with Crippen molar-refractivity contribution < 1.29 is 19.7 Å². The second-order valence-electron chi connectivity index (χ2n) is 4.82. The molecular formula is C12H24O4. The van der Waals surface area contributed by atoms with Crippen LogP contribution in [0.3, 0.4) is 0 Å². The van der Waals surface area contributed by atoms with Crippen molar-refractivity contribution in [3.8, 4) is 0 Å². The molecule has 0 unspecified atom stereocenters. The summed E-state index contributed by atoms with van der Waals surface area (Å²) in [6.07, 6.45) is 1.37. The molecule has 0 saturated carbocycles. The lowest BCUT2D eigenvalue weighted by molar-refractivity contribution is -0.0284. The van der Waals surface area contributed by atoms with E-state index in [1.54, 1.807) is 0 Å². The second kappa shape index (κ2) is 7.22. The third-order valence-electron chi connectivity index (χ3n) is 3.19. The molecule has 16 heavy (non-hydrogen) atoms. The highest BCUT2D eigenvalue weighted by Crippen LogP contribution is 2.13. The Labute approximate surface area is 97.6 Å². The Balaban J connectivity index is 0.000000160. The molecule has 0 bridgehead atoms. The number of hydrogen-bond acceptors (Lipinski definition) is 4. The quantitative estimate of drug-likeness (QED) is 0.649. The molecule has 4 atom stereocenters. The molecule has 2 rings (SSSR count). The minimum absolute atomic E-state index is 0.122. The lowest BCUT2D eigenvalue weighted by Gasteiger charge is -2.23. The van der Waals surface area contributed by atoms with Crippen molar-refractivity contribution in [2.24, 2.45) is 11.8 Å². The van der Waals surface area contributed by atoms with Gasteiger partial charge in [0.1, 0.15) is 0 Å². The molecule has 4 heteroatoms. The Hall–Kier alpha value is -0.160. The van der Waals surface area contributed by atoms with Gasteiger partial charge in [0.05, 0.1) is 25.4 Å². The van der Waals surface area contributed by atoms with Crippen LogP contribution in [0.25, 0.3) is 0 Å². The predicted molar refractivity (Wildman–Crippen MR) is 61.2 cm³/mol. The van der Waals surface area contributed by atoms with E-state index in [2.05, 4.69) is 0 Å². The first-order chi connectivity index (χ1) is 7.61. The van der Waals surface area contributed by atoms with Crippen LogP contribution in [-0.4, -0.2) is 48.8 Å². The Bertz CT molecular complexity index is 146. The molecule has 0 amide bonds. The molecule has 2 N–H and O–H groups in total. The average molecular weight is 232 g/mol. The molecule has 4 nitrogen and oxygen atoms in total. The minimum Gasteiger partial charge on any atom is -0.393 e. The Morgan fingerprint density at radius 1 is 0.812 bits per heavy atom. The van der Waals surface area contributed by atoms with Crippen LogP contribution in [0.4, 0.5) is 0 Å². The summed E-state index contributed by atoms with van der Waals surface area (Å²) in [6.45, 7) is 6.91. The number of aliphatic hydroxyl groups is 2. The van der Waals surface area contributed by atoms with E-state index in [4.69, 9.17) is 19.7 Å². The maximum atomic E-state index is 9.10. The molecule has 2 fully saturated rings. The topological polar surface area (TPSA) is 58.9 Å². The summed E-state index contributed by atoms with van der Waals surface area (Å²) in [5.74, 6) is 0.674. The van der Waals surface area contributed by atoms with Crippen molar-refractivity contribution in [2.45, 2.75) is 38.9 Å². The van der Waals surface area contributed by atoms with Crippen molar-refractivity contribution in [1.82, 2.24) is 0 Å². The van der Waals surface area contributed by atoms with E-state index < -0.39 is 0 Å². The van der Waals surface area contributed by atoms with E-state index >= 15 is 0 Å². The van der Waals surface area contributed by atoms with Gasteiger partial charge in [-0.25, -0.2) is 0 Å². The van der Waals surface area contributed by atoms with Crippen molar-refractivity contribution in [1.29, 1.82) is 0 Å². The van der Waals surface area contributed by atoms with Gasteiger partial charge in [0, 0.05) is 25.0 Å². The van der Waals surface area contributed by atoms with Gasteiger partial charge in [-0.2, -0.15) is 0 Å². The summed E-state index contributed by atoms with van der Waals surface area (Å²) in [5.41, 5.74) is 0. The molecule has 96 valence electrons. The number of aliphatic hydroxyl groups excluding tert-OH is 2. The number of ether oxygens (including phenoxy) is 2. The molecule has 0 spiro atoms. The molecule has 0 aromatic rings. The summed E-state index contributed by atoms with van der Waals surface area (Å²) in [6, 6.07) is 0. The van der Waals surface area contributed by atoms with Crippen LogP contribution < -0.4 is 0 Å². The molecule has 2 heterocycles. The lowest BCUT2D eigenvalue weighted by atomic mass is 10.0. The standard InChI is InChI=1S/2C6H12O2/c2*1-5-4-8-3-2-6(5)7/h2*5-7H,2-4H2,1H3/t2*5-,6+/m10/s1. The van der Waals surface area contributed by atoms with Gasteiger partial charge in [-0.15, -0.1) is 0 Å². The largest absolute Gasteiger partial charge is 0.393 e. The molecular weight excluding hydrogens is 208 g/mol. The maximum absolute atomic E-state index is 9.10. The fourth-order valence-electron chi connectivity index (χ4n) is 1.74. The zero-order valence-electron chi connectivity index (χ0n) is 10.3. The first-order valence-electron chi connectivity index (χ1n) is 6.13. The summed E-state index contributed by atoms with van der Waals surface area (Å²) >= 11 is 0. The molecule has 0 aromatic carbocycles. The van der Waals surface area contributed by atoms with Crippen LogP contribution in [0.15, 0.2) is 0 Å². The Morgan fingerprint density at radius 2 is 1.19 bits per heavy atom. The summed E-state index contributed by atoms with van der Waals surface area (Å²) in [5, 5.41) is 18.2. The van der Waals surface area contributed by atoms with Crippen LogP contribution in [0.5, 0.6) is 0 Å². The second-order valence-corrected chi connectivity index (χ2v) is 4.82. The Morgan fingerprint density at radius 3 is 1.38 bits per heavy atom. The van der Waals surface area contributed by atoms with Gasteiger partial charge in [0.25, 0.3) is 0 Å². The zero-order chi connectivity index (χ0) is 12.0. The molecule has 2 aliphatic heterocycles. The molecule has 0 aliphatic carbocycles. The van der Waals surface area contributed by atoms with Crippen LogP contribution in [0.2, 0.25) is 0 Å². The average Bonchev–Trinajstić information content (AvgIpc) is 2.28. The van der Waals surface area contributed by atoms with Gasteiger partial charge in [-0.1, -0.05) is 13.8 Å². The Kier molecular flexibility index (Phi) is 6.28. The van der Waals surface area contributed by atoms with Gasteiger partial charge in [0.15, 0.2) is 0 Å². The van der Waals surface area contributed by atoms with Crippen LogP contribution in [0, 0.1) is 11.8 Å². The SMILES string of the molecule is C[C@@H]1COCC[C@@H]1O.C[C@H]1COCC[C@H]1O. The predicted octanol–water partition coefficient (Wildman–Crippen LogP) is 0.807.